The first-order chi connectivity index (χ1) is 7.76. The molecular weight excluding hydrogens is 204 g/mol. The van der Waals surface area contributed by atoms with Crippen LogP contribution in [0.5, 0.6) is 0 Å². The SMILES string of the molecule is CCNc1cc(NCC(C)COC)ncn1. The van der Waals surface area contributed by atoms with Crippen LogP contribution in [0.1, 0.15) is 13.8 Å². The van der Waals surface area contributed by atoms with Gasteiger partial charge in [-0.05, 0) is 12.8 Å². The van der Waals surface area contributed by atoms with Gasteiger partial charge in [0.1, 0.15) is 18.0 Å². The van der Waals surface area contributed by atoms with Gasteiger partial charge < -0.3 is 15.4 Å². The summed E-state index contributed by atoms with van der Waals surface area (Å²) in [7, 11) is 1.71. The Hall–Kier alpha value is -1.36. The fourth-order valence-corrected chi connectivity index (χ4v) is 1.35. The molecule has 0 aromatic carbocycles. The van der Waals surface area contributed by atoms with E-state index < -0.39 is 0 Å². The number of ether oxygens (including phenoxy) is 1. The first-order valence-electron chi connectivity index (χ1n) is 5.55. The van der Waals surface area contributed by atoms with Gasteiger partial charge in [0.05, 0.1) is 6.61 Å². The van der Waals surface area contributed by atoms with Crippen molar-refractivity contribution in [3.8, 4) is 0 Å². The molecule has 1 aromatic rings. The van der Waals surface area contributed by atoms with E-state index in [0.717, 1.165) is 31.3 Å². The first kappa shape index (κ1) is 12.7. The van der Waals surface area contributed by atoms with Crippen LogP contribution in [0.15, 0.2) is 12.4 Å². The molecule has 1 aromatic heterocycles. The van der Waals surface area contributed by atoms with Crippen molar-refractivity contribution in [2.45, 2.75) is 13.8 Å². The molecule has 5 heteroatoms. The third-order valence-corrected chi connectivity index (χ3v) is 2.11. The molecule has 90 valence electrons. The summed E-state index contributed by atoms with van der Waals surface area (Å²) in [5, 5.41) is 6.40. The minimum absolute atomic E-state index is 0.461. The molecule has 0 radical (unpaired) electrons. The monoisotopic (exact) mass is 224 g/mol. The van der Waals surface area contributed by atoms with Gasteiger partial charge in [0.15, 0.2) is 0 Å². The largest absolute Gasteiger partial charge is 0.384 e. The number of methoxy groups -OCH3 is 1. The second kappa shape index (κ2) is 7.00. The van der Waals surface area contributed by atoms with E-state index in [1.165, 1.54) is 0 Å². The summed E-state index contributed by atoms with van der Waals surface area (Å²) in [6, 6.07) is 1.91. The molecule has 0 fully saturated rings. The number of anilines is 2. The molecule has 1 rings (SSSR count). The second-order valence-electron chi connectivity index (χ2n) is 3.76. The van der Waals surface area contributed by atoms with Crippen molar-refractivity contribution >= 4 is 11.6 Å². The third kappa shape index (κ3) is 4.44. The lowest BCUT2D eigenvalue weighted by atomic mass is 10.2. The summed E-state index contributed by atoms with van der Waals surface area (Å²) < 4.78 is 5.07. The van der Waals surface area contributed by atoms with Crippen LogP contribution < -0.4 is 10.6 Å². The van der Waals surface area contributed by atoms with Gasteiger partial charge >= 0.3 is 0 Å². The predicted octanol–water partition coefficient (Wildman–Crippen LogP) is 1.60. The highest BCUT2D eigenvalue weighted by Crippen LogP contribution is 2.08. The van der Waals surface area contributed by atoms with E-state index in [4.69, 9.17) is 4.74 Å². The molecule has 0 aliphatic rings. The van der Waals surface area contributed by atoms with Gasteiger partial charge in [-0.3, -0.25) is 0 Å². The molecule has 1 atom stereocenters. The second-order valence-corrected chi connectivity index (χ2v) is 3.76. The van der Waals surface area contributed by atoms with E-state index in [9.17, 15) is 0 Å². The Balaban J connectivity index is 2.44. The van der Waals surface area contributed by atoms with Crippen LogP contribution in [0, 0.1) is 5.92 Å². The molecule has 2 N–H and O–H groups in total. The Labute approximate surface area is 96.6 Å². The summed E-state index contributed by atoms with van der Waals surface area (Å²) in [4.78, 5) is 8.26. The zero-order chi connectivity index (χ0) is 11.8. The van der Waals surface area contributed by atoms with Crippen molar-refractivity contribution in [3.63, 3.8) is 0 Å². The molecule has 16 heavy (non-hydrogen) atoms. The third-order valence-electron chi connectivity index (χ3n) is 2.11. The molecule has 0 aliphatic carbocycles. The molecule has 1 heterocycles. The quantitative estimate of drug-likeness (QED) is 0.736. The van der Waals surface area contributed by atoms with Crippen molar-refractivity contribution in [3.05, 3.63) is 12.4 Å². The van der Waals surface area contributed by atoms with Gasteiger partial charge in [-0.15, -0.1) is 0 Å². The Kier molecular flexibility index (Phi) is 5.56. The Bertz CT molecular complexity index is 306. The molecule has 0 saturated carbocycles. The van der Waals surface area contributed by atoms with E-state index in [-0.39, 0.29) is 0 Å². The maximum Gasteiger partial charge on any atom is 0.131 e. The number of nitrogens with zero attached hydrogens (tertiary/aromatic N) is 2. The molecule has 0 spiro atoms. The summed E-state index contributed by atoms with van der Waals surface area (Å²) in [5.41, 5.74) is 0. The highest BCUT2D eigenvalue weighted by atomic mass is 16.5. The zero-order valence-electron chi connectivity index (χ0n) is 10.2. The molecule has 0 aliphatic heterocycles. The normalized spacial score (nSPS) is 12.2. The summed E-state index contributed by atoms with van der Waals surface area (Å²) in [5.74, 6) is 2.15. The maximum absolute atomic E-state index is 5.07. The molecule has 0 amide bonds. The van der Waals surface area contributed by atoms with Crippen LogP contribution in [0.2, 0.25) is 0 Å². The van der Waals surface area contributed by atoms with Gasteiger partial charge in [-0.2, -0.15) is 0 Å². The Morgan fingerprint density at radius 3 is 2.62 bits per heavy atom. The Morgan fingerprint density at radius 1 is 1.31 bits per heavy atom. The fourth-order valence-electron chi connectivity index (χ4n) is 1.35. The molecule has 0 bridgehead atoms. The molecular formula is C11H20N4O. The summed E-state index contributed by atoms with van der Waals surface area (Å²) in [6.45, 7) is 6.61. The van der Waals surface area contributed by atoms with Crippen molar-refractivity contribution in [1.29, 1.82) is 0 Å². The van der Waals surface area contributed by atoms with Crippen LogP contribution >= 0.6 is 0 Å². The van der Waals surface area contributed by atoms with Crippen LogP contribution in [-0.4, -0.2) is 36.8 Å². The first-order valence-corrected chi connectivity index (χ1v) is 5.55. The van der Waals surface area contributed by atoms with E-state index in [1.807, 2.05) is 13.0 Å². The van der Waals surface area contributed by atoms with Gasteiger partial charge in [0.25, 0.3) is 0 Å². The molecule has 5 nitrogen and oxygen atoms in total. The molecule has 0 saturated heterocycles. The maximum atomic E-state index is 5.07. The summed E-state index contributed by atoms with van der Waals surface area (Å²) >= 11 is 0. The lowest BCUT2D eigenvalue weighted by molar-refractivity contribution is 0.164. The van der Waals surface area contributed by atoms with Crippen molar-refractivity contribution in [2.75, 3.05) is 37.4 Å². The lowest BCUT2D eigenvalue weighted by Crippen LogP contribution is -2.16. The van der Waals surface area contributed by atoms with Crippen LogP contribution in [0.4, 0.5) is 11.6 Å². The van der Waals surface area contributed by atoms with Crippen molar-refractivity contribution < 1.29 is 4.74 Å². The highest BCUT2D eigenvalue weighted by molar-refractivity contribution is 5.46. The number of aromatic nitrogens is 2. The van der Waals surface area contributed by atoms with Gasteiger partial charge in [0.2, 0.25) is 0 Å². The molecule has 1 unspecified atom stereocenters. The van der Waals surface area contributed by atoms with Gasteiger partial charge in [0, 0.05) is 26.3 Å². The van der Waals surface area contributed by atoms with E-state index in [2.05, 4.69) is 27.5 Å². The number of hydrogen-bond acceptors (Lipinski definition) is 5. The Morgan fingerprint density at radius 2 is 2.00 bits per heavy atom. The number of hydrogen-bond donors (Lipinski definition) is 2. The standard InChI is InChI=1S/C11H20N4O/c1-4-12-10-5-11(15-8-14-10)13-6-9(2)7-16-3/h5,8-9H,4,6-7H2,1-3H3,(H2,12,13,14,15). The number of rotatable bonds is 7. The highest BCUT2D eigenvalue weighted by Gasteiger charge is 2.02. The van der Waals surface area contributed by atoms with E-state index >= 15 is 0 Å². The smallest absolute Gasteiger partial charge is 0.131 e. The van der Waals surface area contributed by atoms with Crippen molar-refractivity contribution in [2.24, 2.45) is 5.92 Å². The lowest BCUT2D eigenvalue weighted by Gasteiger charge is -2.12. The number of nitrogens with one attached hydrogen (secondary N) is 2. The topological polar surface area (TPSA) is 59.1 Å². The van der Waals surface area contributed by atoms with E-state index in [1.54, 1.807) is 13.4 Å². The zero-order valence-corrected chi connectivity index (χ0v) is 10.2. The average Bonchev–Trinajstić information content (AvgIpc) is 2.28. The van der Waals surface area contributed by atoms with Crippen LogP contribution in [-0.2, 0) is 4.74 Å². The fraction of sp³-hybridized carbons (Fsp3) is 0.636. The van der Waals surface area contributed by atoms with Gasteiger partial charge in [-0.1, -0.05) is 6.92 Å². The average molecular weight is 224 g/mol. The minimum Gasteiger partial charge on any atom is -0.384 e. The minimum atomic E-state index is 0.461. The van der Waals surface area contributed by atoms with Crippen LogP contribution in [0.25, 0.3) is 0 Å². The van der Waals surface area contributed by atoms with Gasteiger partial charge in [-0.25, -0.2) is 9.97 Å². The predicted molar refractivity (Wildman–Crippen MR) is 65.7 cm³/mol. The summed E-state index contributed by atoms with van der Waals surface area (Å²) in [6.07, 6.45) is 1.56. The van der Waals surface area contributed by atoms with Crippen molar-refractivity contribution in [1.82, 2.24) is 9.97 Å². The van der Waals surface area contributed by atoms with Crippen LogP contribution in [0.3, 0.4) is 0 Å². The van der Waals surface area contributed by atoms with E-state index in [0.29, 0.717) is 5.92 Å².